The Labute approximate surface area is 389 Å². The third kappa shape index (κ3) is 7.66. The molecule has 8 nitrogen and oxygen atoms in total. The fourth-order valence-corrected chi connectivity index (χ4v) is 8.87. The van der Waals surface area contributed by atoms with Crippen molar-refractivity contribution in [2.24, 2.45) is 0 Å². The molecule has 0 spiro atoms. The maximum atomic E-state index is 11.0. The summed E-state index contributed by atoms with van der Waals surface area (Å²) in [6.45, 7) is 11.4. The van der Waals surface area contributed by atoms with Crippen molar-refractivity contribution in [1.29, 1.82) is 0 Å². The van der Waals surface area contributed by atoms with E-state index >= 15 is 0 Å². The molecule has 11 aromatic rings. The number of fused-ring (bicyclic) bond motifs is 6. The number of aromatic nitrogens is 4. The lowest BCUT2D eigenvalue weighted by atomic mass is 9.79. The zero-order valence-electron chi connectivity index (χ0n) is 38.3. The van der Waals surface area contributed by atoms with Crippen LogP contribution in [0.15, 0.2) is 173 Å². The quantitative estimate of drug-likeness (QED) is 0.135. The zero-order valence-corrected chi connectivity index (χ0v) is 38.3. The maximum absolute atomic E-state index is 11.0. The van der Waals surface area contributed by atoms with Crippen LogP contribution in [0.4, 0.5) is 0 Å². The van der Waals surface area contributed by atoms with Crippen molar-refractivity contribution < 1.29 is 18.6 Å². The van der Waals surface area contributed by atoms with E-state index in [0.29, 0.717) is 18.9 Å². The summed E-state index contributed by atoms with van der Waals surface area (Å²) in [4.78, 5) is 19.3. The molecule has 9 heteroatoms. The molecule has 5 aromatic carbocycles. The van der Waals surface area contributed by atoms with Gasteiger partial charge in [-0.2, -0.15) is 0 Å². The number of para-hydroxylation sites is 2. The van der Waals surface area contributed by atoms with Gasteiger partial charge in [0, 0.05) is 67.6 Å². The SMILES string of the molecule is Cc1ccc2c(n1)oc1c(-c3ccc(-c4ccccc4-c4cc(BOC(C)(C)C(C)(C)O)cc(-c5ccccc5-c5ccc(-c6cccc7c6oc6nc(C)ccc67)nc5)c4)cn3)cccc12. The van der Waals surface area contributed by atoms with Crippen LogP contribution in [0.25, 0.3) is 111 Å². The van der Waals surface area contributed by atoms with Crippen LogP contribution < -0.4 is 5.46 Å². The number of benzene rings is 5. The maximum Gasteiger partial charge on any atom is 0.309 e. The predicted octanol–water partition coefficient (Wildman–Crippen LogP) is 13.2. The average Bonchev–Trinajstić information content (AvgIpc) is 3.90. The number of aliphatic hydroxyl groups is 1. The molecule has 0 aliphatic carbocycles. The Bertz CT molecular complexity index is 3450. The van der Waals surface area contributed by atoms with Gasteiger partial charge in [0.05, 0.1) is 22.6 Å². The van der Waals surface area contributed by atoms with Gasteiger partial charge in [0.2, 0.25) is 11.4 Å². The molecule has 0 bridgehead atoms. The van der Waals surface area contributed by atoms with Gasteiger partial charge in [0.15, 0.2) is 0 Å². The molecule has 0 unspecified atom stereocenters. The first kappa shape index (κ1) is 42.0. The lowest BCUT2D eigenvalue weighted by Crippen LogP contribution is -2.49. The van der Waals surface area contributed by atoms with Gasteiger partial charge in [-0.05, 0) is 130 Å². The molecule has 0 aliphatic rings. The van der Waals surface area contributed by atoms with Crippen molar-refractivity contribution in [1.82, 2.24) is 19.9 Å². The summed E-state index contributed by atoms with van der Waals surface area (Å²) in [6, 6.07) is 52.4. The van der Waals surface area contributed by atoms with E-state index in [4.69, 9.17) is 23.5 Å². The van der Waals surface area contributed by atoms with E-state index in [9.17, 15) is 5.11 Å². The predicted molar refractivity (Wildman–Crippen MR) is 273 cm³/mol. The van der Waals surface area contributed by atoms with Gasteiger partial charge >= 0.3 is 7.48 Å². The van der Waals surface area contributed by atoms with Crippen molar-refractivity contribution in [2.45, 2.75) is 52.7 Å². The second-order valence-corrected chi connectivity index (χ2v) is 18.4. The number of nitrogens with zero attached hydrogens (tertiary/aromatic N) is 4. The molecule has 67 heavy (non-hydrogen) atoms. The number of aryl methyl sites for hydroxylation is 2. The number of pyridine rings is 4. The van der Waals surface area contributed by atoms with Crippen LogP contribution in [0.1, 0.15) is 39.1 Å². The van der Waals surface area contributed by atoms with Gasteiger partial charge in [-0.3, -0.25) is 9.97 Å². The highest BCUT2D eigenvalue weighted by Gasteiger charge is 2.35. The number of furan rings is 2. The minimum Gasteiger partial charge on any atom is -0.437 e. The van der Waals surface area contributed by atoms with Gasteiger partial charge in [-0.25, -0.2) is 9.97 Å². The van der Waals surface area contributed by atoms with Crippen LogP contribution in [0.3, 0.4) is 0 Å². The topological polar surface area (TPSA) is 107 Å². The van der Waals surface area contributed by atoms with Crippen LogP contribution in [-0.4, -0.2) is 43.7 Å². The summed E-state index contributed by atoms with van der Waals surface area (Å²) >= 11 is 0. The average molecular weight is 875 g/mol. The molecule has 0 saturated heterocycles. The Morgan fingerprint density at radius 2 is 0.896 bits per heavy atom. The largest absolute Gasteiger partial charge is 0.437 e. The monoisotopic (exact) mass is 874 g/mol. The third-order valence-electron chi connectivity index (χ3n) is 13.2. The van der Waals surface area contributed by atoms with Crippen LogP contribution in [0, 0.1) is 13.8 Å². The van der Waals surface area contributed by atoms with Gasteiger partial charge in [-0.15, -0.1) is 0 Å². The molecule has 0 saturated carbocycles. The fourth-order valence-electron chi connectivity index (χ4n) is 8.87. The Balaban J connectivity index is 0.976. The number of rotatable bonds is 10. The van der Waals surface area contributed by atoms with Crippen molar-refractivity contribution in [2.75, 3.05) is 0 Å². The summed E-state index contributed by atoms with van der Waals surface area (Å²) in [6.07, 6.45) is 3.88. The van der Waals surface area contributed by atoms with E-state index in [1.807, 2.05) is 76.5 Å². The van der Waals surface area contributed by atoms with Crippen LogP contribution >= 0.6 is 0 Å². The second-order valence-electron chi connectivity index (χ2n) is 18.4. The summed E-state index contributed by atoms with van der Waals surface area (Å²) in [5.41, 5.74) is 15.4. The van der Waals surface area contributed by atoms with Gasteiger partial charge in [0.1, 0.15) is 11.2 Å². The van der Waals surface area contributed by atoms with Crippen molar-refractivity contribution in [3.63, 3.8) is 0 Å². The molecule has 6 heterocycles. The highest BCUT2D eigenvalue weighted by Crippen LogP contribution is 2.40. The lowest BCUT2D eigenvalue weighted by molar-refractivity contribution is -0.0893. The smallest absolute Gasteiger partial charge is 0.309 e. The Morgan fingerprint density at radius 1 is 0.463 bits per heavy atom. The van der Waals surface area contributed by atoms with Crippen LogP contribution in [-0.2, 0) is 4.65 Å². The molecule has 0 amide bonds. The Kier molecular flexibility index (Phi) is 10.2. The Hall–Kier alpha value is -7.72. The first-order valence-corrected chi connectivity index (χ1v) is 22.6. The standard InChI is InChI=1S/C58H47BN4O4/c1-34-21-25-47-45-17-11-19-49(53(45)65-55(47)62-34)51-27-23-36(32-60-51)41-13-7-9-15-43(41)38-29-39(31-40(30-38)59-67-58(5,6)57(3,4)64)44-16-10-8-14-42(44)37-24-28-52(61-33-37)50-20-12-18-46-48-26-22-35(2)63-56(48)66-54(46)50/h7-33,59,64H,1-6H3. The summed E-state index contributed by atoms with van der Waals surface area (Å²) in [7, 11) is 0.291. The van der Waals surface area contributed by atoms with Crippen molar-refractivity contribution in [3.8, 4) is 67.0 Å². The van der Waals surface area contributed by atoms with E-state index in [1.54, 1.807) is 13.8 Å². The molecule has 1 N–H and O–H groups in total. The Morgan fingerprint density at radius 3 is 1.31 bits per heavy atom. The second kappa shape index (κ2) is 16.3. The lowest BCUT2D eigenvalue weighted by Gasteiger charge is -2.37. The molecule has 326 valence electrons. The van der Waals surface area contributed by atoms with Crippen LogP contribution in [0.2, 0.25) is 0 Å². The molecule has 0 fully saturated rings. The summed E-state index contributed by atoms with van der Waals surface area (Å²) < 4.78 is 19.2. The zero-order chi connectivity index (χ0) is 46.0. The molecule has 0 atom stereocenters. The van der Waals surface area contributed by atoms with Gasteiger partial charge in [0.25, 0.3) is 0 Å². The molecule has 0 aliphatic heterocycles. The molecule has 0 radical (unpaired) electrons. The van der Waals surface area contributed by atoms with Crippen LogP contribution in [0.5, 0.6) is 0 Å². The van der Waals surface area contributed by atoms with E-state index in [0.717, 1.165) is 117 Å². The number of hydrogen-bond donors (Lipinski definition) is 1. The fraction of sp³-hybridized carbons (Fsp3) is 0.138. The van der Waals surface area contributed by atoms with Gasteiger partial charge in [-0.1, -0.05) is 103 Å². The first-order valence-electron chi connectivity index (χ1n) is 22.6. The molecular formula is C58H47BN4O4. The summed E-state index contributed by atoms with van der Waals surface area (Å²) in [5, 5.41) is 15.0. The van der Waals surface area contributed by atoms with E-state index in [-0.39, 0.29) is 0 Å². The third-order valence-corrected chi connectivity index (χ3v) is 13.2. The minimum atomic E-state index is -1.07. The van der Waals surface area contributed by atoms with E-state index in [1.165, 1.54) is 0 Å². The van der Waals surface area contributed by atoms with E-state index < -0.39 is 11.2 Å². The van der Waals surface area contributed by atoms with Gasteiger partial charge < -0.3 is 18.6 Å². The minimum absolute atomic E-state index is 0.291. The molecular weight excluding hydrogens is 827 g/mol. The number of hydrogen-bond acceptors (Lipinski definition) is 8. The highest BCUT2D eigenvalue weighted by atomic mass is 16.5. The molecule has 6 aromatic heterocycles. The highest BCUT2D eigenvalue weighted by molar-refractivity contribution is 6.47. The van der Waals surface area contributed by atoms with Crippen molar-refractivity contribution in [3.05, 3.63) is 175 Å². The first-order chi connectivity index (χ1) is 32.4. The van der Waals surface area contributed by atoms with Crippen molar-refractivity contribution >= 4 is 57.1 Å². The molecule has 11 rings (SSSR count). The summed E-state index contributed by atoms with van der Waals surface area (Å²) in [5.74, 6) is 0. The van der Waals surface area contributed by atoms with E-state index in [2.05, 4.69) is 125 Å². The normalized spacial score (nSPS) is 12.2.